The monoisotopic (exact) mass is 154 g/mol. The Morgan fingerprint density at radius 2 is 2.00 bits per heavy atom. The molecule has 1 heteroatoms. The highest BCUT2D eigenvalue weighted by Crippen LogP contribution is 2.25. The minimum Gasteiger partial charge on any atom is -0.392 e. The molecule has 0 amide bonds. The second-order valence-corrected chi connectivity index (χ2v) is 3.57. The van der Waals surface area contributed by atoms with Gasteiger partial charge in [0, 0.05) is 0 Å². The summed E-state index contributed by atoms with van der Waals surface area (Å²) in [5.41, 5.74) is 1.14. The van der Waals surface area contributed by atoms with Crippen molar-refractivity contribution in [2.24, 2.45) is 5.92 Å². The van der Waals surface area contributed by atoms with Gasteiger partial charge in [0.1, 0.15) is 0 Å². The van der Waals surface area contributed by atoms with Crippen molar-refractivity contribution in [2.45, 2.75) is 39.0 Å². The molecule has 0 aromatic carbocycles. The van der Waals surface area contributed by atoms with Crippen LogP contribution in [-0.4, -0.2) is 11.7 Å². The summed E-state index contributed by atoms with van der Waals surface area (Å²) in [6, 6.07) is 0. The van der Waals surface area contributed by atoms with Gasteiger partial charge in [-0.2, -0.15) is 0 Å². The highest BCUT2D eigenvalue weighted by molar-refractivity contribution is 5.01. The van der Waals surface area contributed by atoms with E-state index in [0.29, 0.717) is 0 Å². The molecule has 0 saturated heterocycles. The zero-order valence-electron chi connectivity index (χ0n) is 7.34. The quantitative estimate of drug-likeness (QED) is 0.606. The number of allylic oxidation sites excluding steroid dienone is 1. The fourth-order valence-electron chi connectivity index (χ4n) is 1.76. The van der Waals surface area contributed by atoms with Crippen LogP contribution in [0.3, 0.4) is 0 Å². The molecule has 1 fully saturated rings. The summed E-state index contributed by atoms with van der Waals surface area (Å²) in [4.78, 5) is 0. The van der Waals surface area contributed by atoms with E-state index in [0.717, 1.165) is 11.5 Å². The highest BCUT2D eigenvalue weighted by Gasteiger charge is 2.10. The Labute approximate surface area is 69.1 Å². The van der Waals surface area contributed by atoms with E-state index in [1.54, 1.807) is 0 Å². The zero-order chi connectivity index (χ0) is 8.10. The fourth-order valence-corrected chi connectivity index (χ4v) is 1.76. The normalized spacial score (nSPS) is 22.2. The van der Waals surface area contributed by atoms with Crippen LogP contribution in [-0.2, 0) is 0 Å². The minimum absolute atomic E-state index is 0.233. The Balaban J connectivity index is 2.34. The molecular weight excluding hydrogens is 136 g/mol. The average molecular weight is 154 g/mol. The topological polar surface area (TPSA) is 20.2 Å². The van der Waals surface area contributed by atoms with E-state index in [1.165, 1.54) is 32.1 Å². The first-order chi connectivity index (χ1) is 5.33. The first kappa shape index (κ1) is 8.79. The molecule has 1 N–H and O–H groups in total. The van der Waals surface area contributed by atoms with Gasteiger partial charge < -0.3 is 5.11 Å². The third kappa shape index (κ3) is 3.06. The molecular formula is C10H18O. The van der Waals surface area contributed by atoms with Crippen LogP contribution in [0.15, 0.2) is 11.6 Å². The summed E-state index contributed by atoms with van der Waals surface area (Å²) in [5, 5.41) is 8.80. The highest BCUT2D eigenvalue weighted by atomic mass is 16.3. The van der Waals surface area contributed by atoms with Crippen LogP contribution in [0, 0.1) is 5.92 Å². The molecule has 0 atom stereocenters. The van der Waals surface area contributed by atoms with Crippen LogP contribution in [0.25, 0.3) is 0 Å². The summed E-state index contributed by atoms with van der Waals surface area (Å²) < 4.78 is 0. The maximum absolute atomic E-state index is 8.80. The van der Waals surface area contributed by atoms with E-state index < -0.39 is 0 Å². The van der Waals surface area contributed by atoms with Crippen molar-refractivity contribution in [3.8, 4) is 0 Å². The van der Waals surface area contributed by atoms with Crippen molar-refractivity contribution in [3.63, 3.8) is 0 Å². The van der Waals surface area contributed by atoms with Crippen molar-refractivity contribution in [1.82, 2.24) is 0 Å². The lowest BCUT2D eigenvalue weighted by molar-refractivity contribution is 0.327. The van der Waals surface area contributed by atoms with Gasteiger partial charge in [-0.1, -0.05) is 30.9 Å². The molecule has 0 aliphatic heterocycles. The van der Waals surface area contributed by atoms with Crippen LogP contribution >= 0.6 is 0 Å². The second kappa shape index (κ2) is 4.55. The predicted molar refractivity (Wildman–Crippen MR) is 47.4 cm³/mol. The van der Waals surface area contributed by atoms with Crippen LogP contribution in [0.2, 0.25) is 0 Å². The number of hydrogen-bond acceptors (Lipinski definition) is 1. The first-order valence-electron chi connectivity index (χ1n) is 4.61. The summed E-state index contributed by atoms with van der Waals surface area (Å²) in [7, 11) is 0. The number of rotatable bonds is 2. The van der Waals surface area contributed by atoms with E-state index in [-0.39, 0.29) is 6.61 Å². The van der Waals surface area contributed by atoms with Gasteiger partial charge in [0.25, 0.3) is 0 Å². The minimum atomic E-state index is 0.233. The molecule has 1 aliphatic rings. The Morgan fingerprint density at radius 1 is 1.36 bits per heavy atom. The van der Waals surface area contributed by atoms with Crippen LogP contribution in [0.4, 0.5) is 0 Å². The zero-order valence-corrected chi connectivity index (χ0v) is 7.34. The lowest BCUT2D eigenvalue weighted by Crippen LogP contribution is -2.04. The van der Waals surface area contributed by atoms with Gasteiger partial charge in [-0.3, -0.25) is 0 Å². The first-order valence-corrected chi connectivity index (χ1v) is 4.61. The largest absolute Gasteiger partial charge is 0.392 e. The Bertz CT molecular complexity index is 132. The molecule has 1 rings (SSSR count). The van der Waals surface area contributed by atoms with Crippen molar-refractivity contribution in [2.75, 3.05) is 6.61 Å². The summed E-state index contributed by atoms with van der Waals surface area (Å²) in [5.74, 6) is 0.760. The molecule has 0 spiro atoms. The molecule has 0 aromatic rings. The number of aliphatic hydroxyl groups is 1. The molecule has 1 nitrogen and oxygen atoms in total. The van der Waals surface area contributed by atoms with Gasteiger partial charge in [0.15, 0.2) is 0 Å². The van der Waals surface area contributed by atoms with Gasteiger partial charge >= 0.3 is 0 Å². The van der Waals surface area contributed by atoms with E-state index >= 15 is 0 Å². The standard InChI is InChI=1S/C10H18O/c1-9(8-11)7-10-5-3-2-4-6-10/h7,10-11H,2-6,8H2,1H3/b9-7+. The maximum atomic E-state index is 8.80. The smallest absolute Gasteiger partial charge is 0.0639 e. The number of hydrogen-bond donors (Lipinski definition) is 1. The van der Waals surface area contributed by atoms with E-state index in [1.807, 2.05) is 6.92 Å². The van der Waals surface area contributed by atoms with Crippen LogP contribution in [0.5, 0.6) is 0 Å². The fraction of sp³-hybridized carbons (Fsp3) is 0.800. The molecule has 0 radical (unpaired) electrons. The van der Waals surface area contributed by atoms with Crippen molar-refractivity contribution < 1.29 is 5.11 Å². The lowest BCUT2D eigenvalue weighted by Gasteiger charge is -2.18. The van der Waals surface area contributed by atoms with Gasteiger partial charge in [-0.05, 0) is 25.7 Å². The Morgan fingerprint density at radius 3 is 2.55 bits per heavy atom. The summed E-state index contributed by atoms with van der Waals surface area (Å²) in [6.45, 7) is 2.24. The Hall–Kier alpha value is -0.300. The van der Waals surface area contributed by atoms with Crippen molar-refractivity contribution in [3.05, 3.63) is 11.6 Å². The predicted octanol–water partition coefficient (Wildman–Crippen LogP) is 2.51. The van der Waals surface area contributed by atoms with Crippen molar-refractivity contribution >= 4 is 0 Å². The molecule has 0 bridgehead atoms. The summed E-state index contributed by atoms with van der Waals surface area (Å²) >= 11 is 0. The van der Waals surface area contributed by atoms with Crippen LogP contribution in [0.1, 0.15) is 39.0 Å². The maximum Gasteiger partial charge on any atom is 0.0639 e. The number of aliphatic hydroxyl groups excluding tert-OH is 1. The SMILES string of the molecule is C/C(=C\C1CCCCC1)CO. The van der Waals surface area contributed by atoms with Crippen molar-refractivity contribution in [1.29, 1.82) is 0 Å². The third-order valence-corrected chi connectivity index (χ3v) is 2.42. The van der Waals surface area contributed by atoms with Gasteiger partial charge in [0.05, 0.1) is 6.61 Å². The van der Waals surface area contributed by atoms with E-state index in [4.69, 9.17) is 5.11 Å². The van der Waals surface area contributed by atoms with Gasteiger partial charge in [-0.25, -0.2) is 0 Å². The molecule has 0 aromatic heterocycles. The third-order valence-electron chi connectivity index (χ3n) is 2.42. The van der Waals surface area contributed by atoms with Gasteiger partial charge in [-0.15, -0.1) is 0 Å². The molecule has 1 aliphatic carbocycles. The van der Waals surface area contributed by atoms with E-state index in [9.17, 15) is 0 Å². The van der Waals surface area contributed by atoms with Gasteiger partial charge in [0.2, 0.25) is 0 Å². The van der Waals surface area contributed by atoms with Crippen LogP contribution < -0.4 is 0 Å². The lowest BCUT2D eigenvalue weighted by atomic mass is 9.88. The molecule has 0 unspecified atom stereocenters. The molecule has 64 valence electrons. The second-order valence-electron chi connectivity index (χ2n) is 3.57. The average Bonchev–Trinajstić information content (AvgIpc) is 2.06. The summed E-state index contributed by atoms with van der Waals surface area (Å²) in [6.07, 6.45) is 9.07. The Kier molecular flexibility index (Phi) is 3.64. The molecule has 1 saturated carbocycles. The van der Waals surface area contributed by atoms with E-state index in [2.05, 4.69) is 6.08 Å². The molecule has 11 heavy (non-hydrogen) atoms. The molecule has 0 heterocycles.